The van der Waals surface area contributed by atoms with E-state index < -0.39 is 0 Å². The van der Waals surface area contributed by atoms with Gasteiger partial charge in [0.15, 0.2) is 0 Å². The lowest BCUT2D eigenvalue weighted by atomic mass is 9.92. The van der Waals surface area contributed by atoms with E-state index in [-0.39, 0.29) is 11.2 Å². The third kappa shape index (κ3) is 7.56. The minimum Gasteiger partial charge on any atom is -0.298 e. The molecule has 0 bridgehead atoms. The van der Waals surface area contributed by atoms with E-state index in [0.717, 1.165) is 0 Å². The van der Waals surface area contributed by atoms with Gasteiger partial charge in [0.2, 0.25) is 0 Å². The van der Waals surface area contributed by atoms with Crippen LogP contribution in [-0.2, 0) is 4.79 Å². The number of hydrogen-bond acceptors (Lipinski definition) is 2. The average molecular weight is 267 g/mol. The molecule has 13 heavy (non-hydrogen) atoms. The summed E-state index contributed by atoms with van der Waals surface area (Å²) in [4.78, 5) is 10.8. The molecule has 0 unspecified atom stereocenters. The van der Waals surface area contributed by atoms with Crippen molar-refractivity contribution < 1.29 is 4.79 Å². The molecule has 1 fully saturated rings. The van der Waals surface area contributed by atoms with E-state index in [9.17, 15) is 4.79 Å². The maximum absolute atomic E-state index is 10.8. The van der Waals surface area contributed by atoms with Crippen LogP contribution in [0.25, 0.3) is 0 Å². The molecule has 1 heterocycles. The summed E-state index contributed by atoms with van der Waals surface area (Å²) in [5, 5.41) is 0.469. The normalized spacial score (nSPS) is 16.3. The van der Waals surface area contributed by atoms with Crippen LogP contribution in [0.15, 0.2) is 0 Å². The molecule has 78 valence electrons. The quantitative estimate of drug-likeness (QED) is 0.676. The van der Waals surface area contributed by atoms with Gasteiger partial charge in [-0.15, -0.1) is 0 Å². The second-order valence-corrected chi connectivity index (χ2v) is 5.91. The lowest BCUT2D eigenvalue weighted by molar-refractivity contribution is -0.123. The Morgan fingerprint density at radius 2 is 1.77 bits per heavy atom. The van der Waals surface area contributed by atoms with E-state index in [0.29, 0.717) is 5.33 Å². The number of rotatable bonds is 1. The second-order valence-electron chi connectivity index (χ2n) is 4.13. The SMILES string of the molecule is C1CCSC1.CC(C)(C)C(=O)CBr. The van der Waals surface area contributed by atoms with E-state index in [1.54, 1.807) is 0 Å². The van der Waals surface area contributed by atoms with Crippen LogP contribution in [0, 0.1) is 5.41 Å². The minimum atomic E-state index is -0.177. The number of Topliss-reactive ketones (excluding diaryl/α,β-unsaturated/α-hetero) is 1. The summed E-state index contributed by atoms with van der Waals surface area (Å²) < 4.78 is 0. The van der Waals surface area contributed by atoms with E-state index in [4.69, 9.17) is 0 Å². The Hall–Kier alpha value is 0.500. The van der Waals surface area contributed by atoms with Crippen LogP contribution in [0.2, 0.25) is 0 Å². The summed E-state index contributed by atoms with van der Waals surface area (Å²) >= 11 is 5.18. The van der Waals surface area contributed by atoms with Crippen molar-refractivity contribution in [3.8, 4) is 0 Å². The van der Waals surface area contributed by atoms with Crippen LogP contribution < -0.4 is 0 Å². The number of alkyl halides is 1. The zero-order valence-electron chi connectivity index (χ0n) is 8.73. The molecule has 0 aromatic heterocycles. The molecule has 0 N–H and O–H groups in total. The number of carbonyl (C=O) groups is 1. The number of thioether (sulfide) groups is 1. The molecule has 0 spiro atoms. The summed E-state index contributed by atoms with van der Waals surface area (Å²) in [6, 6.07) is 0. The molecular weight excluding hydrogens is 248 g/mol. The van der Waals surface area contributed by atoms with Crippen molar-refractivity contribution >= 4 is 33.5 Å². The molecule has 3 heteroatoms. The first-order valence-corrected chi connectivity index (χ1v) is 6.93. The fourth-order valence-corrected chi connectivity index (χ4v) is 2.57. The maximum atomic E-state index is 10.8. The molecule has 0 atom stereocenters. The highest BCUT2D eigenvalue weighted by molar-refractivity contribution is 9.09. The van der Waals surface area contributed by atoms with Gasteiger partial charge < -0.3 is 0 Å². The lowest BCUT2D eigenvalue weighted by Crippen LogP contribution is -2.20. The summed E-state index contributed by atoms with van der Waals surface area (Å²) in [5.74, 6) is 3.08. The van der Waals surface area contributed by atoms with Crippen LogP contribution in [0.5, 0.6) is 0 Å². The van der Waals surface area contributed by atoms with Crippen LogP contribution in [-0.4, -0.2) is 22.6 Å². The number of halogens is 1. The van der Waals surface area contributed by atoms with E-state index in [1.807, 2.05) is 20.8 Å². The van der Waals surface area contributed by atoms with Crippen LogP contribution in [0.3, 0.4) is 0 Å². The van der Waals surface area contributed by atoms with Crippen molar-refractivity contribution in [2.75, 3.05) is 16.8 Å². The molecular formula is C10H19BrOS. The van der Waals surface area contributed by atoms with E-state index >= 15 is 0 Å². The van der Waals surface area contributed by atoms with Gasteiger partial charge in [0.25, 0.3) is 0 Å². The van der Waals surface area contributed by atoms with Gasteiger partial charge in [0.05, 0.1) is 5.33 Å². The first-order chi connectivity index (χ1) is 5.98. The highest BCUT2D eigenvalue weighted by Gasteiger charge is 2.18. The van der Waals surface area contributed by atoms with Crippen molar-refractivity contribution in [1.82, 2.24) is 0 Å². The lowest BCUT2D eigenvalue weighted by Gasteiger charge is -2.13. The Bertz CT molecular complexity index is 140. The molecule has 0 aliphatic carbocycles. The molecule has 0 aromatic rings. The van der Waals surface area contributed by atoms with Crippen molar-refractivity contribution in [2.24, 2.45) is 5.41 Å². The number of carbonyl (C=O) groups excluding carboxylic acids is 1. The smallest absolute Gasteiger partial charge is 0.148 e. The summed E-state index contributed by atoms with van der Waals surface area (Å²) in [6.07, 6.45) is 2.93. The zero-order valence-corrected chi connectivity index (χ0v) is 11.1. The monoisotopic (exact) mass is 266 g/mol. The first-order valence-electron chi connectivity index (χ1n) is 4.65. The molecule has 1 aliphatic rings. The summed E-state index contributed by atoms with van der Waals surface area (Å²) in [6.45, 7) is 5.74. The molecule has 1 saturated heterocycles. The Labute approximate surface area is 94.2 Å². The van der Waals surface area contributed by atoms with Gasteiger partial charge in [-0.2, -0.15) is 11.8 Å². The highest BCUT2D eigenvalue weighted by atomic mass is 79.9. The first kappa shape index (κ1) is 13.5. The fourth-order valence-electron chi connectivity index (χ4n) is 0.711. The van der Waals surface area contributed by atoms with Gasteiger partial charge in [-0.25, -0.2) is 0 Å². The summed E-state index contributed by atoms with van der Waals surface area (Å²) in [5.41, 5.74) is -0.177. The third-order valence-corrected chi connectivity index (χ3v) is 3.45. The molecule has 0 aromatic carbocycles. The van der Waals surface area contributed by atoms with Crippen LogP contribution >= 0.6 is 27.7 Å². The number of hydrogen-bond donors (Lipinski definition) is 0. The van der Waals surface area contributed by atoms with Crippen LogP contribution in [0.1, 0.15) is 33.6 Å². The molecule has 0 radical (unpaired) electrons. The average Bonchev–Trinajstić information content (AvgIpc) is 2.58. The van der Waals surface area contributed by atoms with E-state index in [1.165, 1.54) is 24.3 Å². The van der Waals surface area contributed by atoms with Gasteiger partial charge in [-0.3, -0.25) is 4.79 Å². The Morgan fingerprint density at radius 1 is 1.31 bits per heavy atom. The van der Waals surface area contributed by atoms with Crippen molar-refractivity contribution in [3.63, 3.8) is 0 Å². The van der Waals surface area contributed by atoms with Gasteiger partial charge in [0, 0.05) is 5.41 Å². The second kappa shape index (κ2) is 6.88. The fraction of sp³-hybridized carbons (Fsp3) is 0.900. The Balaban J connectivity index is 0.000000243. The maximum Gasteiger partial charge on any atom is 0.148 e. The van der Waals surface area contributed by atoms with E-state index in [2.05, 4.69) is 27.7 Å². The predicted molar refractivity (Wildman–Crippen MR) is 64.8 cm³/mol. The minimum absolute atomic E-state index is 0.177. The predicted octanol–water partition coefficient (Wildman–Crippen LogP) is 3.51. The largest absolute Gasteiger partial charge is 0.298 e. The van der Waals surface area contributed by atoms with Gasteiger partial charge in [0.1, 0.15) is 5.78 Å². The van der Waals surface area contributed by atoms with Gasteiger partial charge in [-0.05, 0) is 24.3 Å². The number of ketones is 1. The Kier molecular flexibility index (Phi) is 7.15. The van der Waals surface area contributed by atoms with Gasteiger partial charge >= 0.3 is 0 Å². The summed E-state index contributed by atoms with van der Waals surface area (Å²) in [7, 11) is 0. The van der Waals surface area contributed by atoms with Crippen molar-refractivity contribution in [1.29, 1.82) is 0 Å². The molecule has 1 rings (SSSR count). The van der Waals surface area contributed by atoms with Crippen LogP contribution in [0.4, 0.5) is 0 Å². The molecule has 1 nitrogen and oxygen atoms in total. The molecule has 1 aliphatic heterocycles. The van der Waals surface area contributed by atoms with Crippen molar-refractivity contribution in [2.45, 2.75) is 33.6 Å². The topological polar surface area (TPSA) is 17.1 Å². The third-order valence-electron chi connectivity index (χ3n) is 1.79. The standard InChI is InChI=1S/C6H11BrO.C4H8S/c1-6(2,3)5(8)4-7;1-2-4-5-3-1/h4H2,1-3H3;1-4H2. The molecule has 0 saturated carbocycles. The van der Waals surface area contributed by atoms with Crippen molar-refractivity contribution in [3.05, 3.63) is 0 Å². The highest BCUT2D eigenvalue weighted by Crippen LogP contribution is 2.15. The Morgan fingerprint density at radius 3 is 1.85 bits per heavy atom. The zero-order chi connectivity index (χ0) is 10.3. The molecule has 0 amide bonds. The van der Waals surface area contributed by atoms with Gasteiger partial charge in [-0.1, -0.05) is 36.7 Å².